The molecule has 4 heteroatoms. The van der Waals surface area contributed by atoms with Gasteiger partial charge in [0, 0.05) is 12.6 Å². The standard InChI is InChI=1S/C12H24N2O2/c1-12(2)6-3-4-9(5-7-12)14-8-10(15)11(13)16/h9-10,14-15H,3-8H2,1-2H3,(H2,13,16). The number of hydrogen-bond acceptors (Lipinski definition) is 3. The molecular weight excluding hydrogens is 204 g/mol. The van der Waals surface area contributed by atoms with Gasteiger partial charge in [0.15, 0.2) is 0 Å². The Kier molecular flexibility index (Phi) is 4.74. The molecule has 1 saturated carbocycles. The Hall–Kier alpha value is -0.610. The predicted octanol–water partition coefficient (Wildman–Crippen LogP) is 0.781. The van der Waals surface area contributed by atoms with E-state index in [0.29, 0.717) is 11.5 Å². The molecule has 0 heterocycles. The van der Waals surface area contributed by atoms with Crippen molar-refractivity contribution in [1.82, 2.24) is 5.32 Å². The lowest BCUT2D eigenvalue weighted by molar-refractivity contribution is -0.125. The maximum absolute atomic E-state index is 10.7. The zero-order valence-corrected chi connectivity index (χ0v) is 10.3. The van der Waals surface area contributed by atoms with Crippen LogP contribution in [0.2, 0.25) is 0 Å². The van der Waals surface area contributed by atoms with E-state index in [1.54, 1.807) is 0 Å². The summed E-state index contributed by atoms with van der Waals surface area (Å²) in [6, 6.07) is 0.413. The maximum Gasteiger partial charge on any atom is 0.247 e. The smallest absolute Gasteiger partial charge is 0.247 e. The second-order valence-corrected chi connectivity index (χ2v) is 5.62. The van der Waals surface area contributed by atoms with Crippen LogP contribution < -0.4 is 11.1 Å². The van der Waals surface area contributed by atoms with E-state index in [-0.39, 0.29) is 6.54 Å². The molecule has 4 nitrogen and oxygen atoms in total. The highest BCUT2D eigenvalue weighted by Gasteiger charge is 2.24. The Bertz CT molecular complexity index is 241. The third-order valence-corrected chi connectivity index (χ3v) is 3.50. The molecule has 0 aromatic heterocycles. The Morgan fingerprint density at radius 2 is 2.19 bits per heavy atom. The van der Waals surface area contributed by atoms with Gasteiger partial charge in [-0.2, -0.15) is 0 Å². The normalized spacial score (nSPS) is 27.1. The summed E-state index contributed by atoms with van der Waals surface area (Å²) < 4.78 is 0. The van der Waals surface area contributed by atoms with Crippen molar-refractivity contribution in [2.24, 2.45) is 11.1 Å². The van der Waals surface area contributed by atoms with Crippen LogP contribution in [0.4, 0.5) is 0 Å². The molecule has 1 fully saturated rings. The van der Waals surface area contributed by atoms with Crippen molar-refractivity contribution >= 4 is 5.91 Å². The Labute approximate surface area is 97.6 Å². The van der Waals surface area contributed by atoms with Gasteiger partial charge in [-0.1, -0.05) is 20.3 Å². The minimum atomic E-state index is -1.06. The number of primary amides is 1. The lowest BCUT2D eigenvalue weighted by Gasteiger charge is -2.22. The number of hydrogen-bond donors (Lipinski definition) is 3. The molecule has 1 aliphatic carbocycles. The van der Waals surface area contributed by atoms with Crippen molar-refractivity contribution in [3.63, 3.8) is 0 Å². The van der Waals surface area contributed by atoms with Gasteiger partial charge in [-0.15, -0.1) is 0 Å². The van der Waals surface area contributed by atoms with Gasteiger partial charge in [-0.3, -0.25) is 4.79 Å². The van der Waals surface area contributed by atoms with Crippen molar-refractivity contribution in [2.75, 3.05) is 6.54 Å². The summed E-state index contributed by atoms with van der Waals surface area (Å²) in [5.41, 5.74) is 5.43. The molecule has 16 heavy (non-hydrogen) atoms. The molecule has 0 aliphatic heterocycles. The first-order chi connectivity index (χ1) is 7.41. The molecule has 1 rings (SSSR count). The second kappa shape index (κ2) is 5.64. The summed E-state index contributed by atoms with van der Waals surface area (Å²) in [6.07, 6.45) is 4.82. The number of carbonyl (C=O) groups excluding carboxylic acids is 1. The molecule has 0 spiro atoms. The monoisotopic (exact) mass is 228 g/mol. The van der Waals surface area contributed by atoms with Gasteiger partial charge < -0.3 is 16.2 Å². The van der Waals surface area contributed by atoms with E-state index in [1.807, 2.05) is 0 Å². The Morgan fingerprint density at radius 3 is 2.81 bits per heavy atom. The van der Waals surface area contributed by atoms with Gasteiger partial charge in [-0.05, 0) is 31.1 Å². The zero-order chi connectivity index (χ0) is 12.2. The highest BCUT2D eigenvalue weighted by Crippen LogP contribution is 2.33. The molecule has 0 aromatic carbocycles. The van der Waals surface area contributed by atoms with Crippen LogP contribution in [0.15, 0.2) is 0 Å². The number of aliphatic hydroxyl groups is 1. The van der Waals surface area contributed by atoms with Gasteiger partial charge in [0.05, 0.1) is 0 Å². The first kappa shape index (κ1) is 13.5. The summed E-state index contributed by atoms with van der Waals surface area (Å²) in [5, 5.41) is 12.5. The van der Waals surface area contributed by atoms with Gasteiger partial charge in [-0.25, -0.2) is 0 Å². The fourth-order valence-electron chi connectivity index (χ4n) is 2.24. The van der Waals surface area contributed by atoms with Crippen LogP contribution in [0.1, 0.15) is 46.0 Å². The van der Waals surface area contributed by atoms with Crippen molar-refractivity contribution in [2.45, 2.75) is 58.1 Å². The number of nitrogens with one attached hydrogen (secondary N) is 1. The number of amides is 1. The largest absolute Gasteiger partial charge is 0.382 e. The fraction of sp³-hybridized carbons (Fsp3) is 0.917. The average Bonchev–Trinajstić information content (AvgIpc) is 2.36. The van der Waals surface area contributed by atoms with Gasteiger partial charge in [0.2, 0.25) is 5.91 Å². The van der Waals surface area contributed by atoms with Crippen LogP contribution in [0, 0.1) is 5.41 Å². The van der Waals surface area contributed by atoms with Crippen molar-refractivity contribution in [3.05, 3.63) is 0 Å². The van der Waals surface area contributed by atoms with Crippen LogP contribution in [0.25, 0.3) is 0 Å². The summed E-state index contributed by atoms with van der Waals surface area (Å²) in [6.45, 7) is 4.88. The zero-order valence-electron chi connectivity index (χ0n) is 10.3. The van der Waals surface area contributed by atoms with Crippen LogP contribution in [0.3, 0.4) is 0 Å². The van der Waals surface area contributed by atoms with E-state index in [9.17, 15) is 9.90 Å². The van der Waals surface area contributed by atoms with E-state index < -0.39 is 12.0 Å². The van der Waals surface area contributed by atoms with Crippen molar-refractivity contribution in [1.29, 1.82) is 0 Å². The number of aliphatic hydroxyl groups excluding tert-OH is 1. The van der Waals surface area contributed by atoms with E-state index >= 15 is 0 Å². The van der Waals surface area contributed by atoms with E-state index in [1.165, 1.54) is 19.3 Å². The highest BCUT2D eigenvalue weighted by molar-refractivity contribution is 5.78. The quantitative estimate of drug-likeness (QED) is 0.622. The molecule has 4 N–H and O–H groups in total. The second-order valence-electron chi connectivity index (χ2n) is 5.62. The van der Waals surface area contributed by atoms with E-state index in [4.69, 9.17) is 5.73 Å². The molecule has 0 saturated heterocycles. The van der Waals surface area contributed by atoms with E-state index in [2.05, 4.69) is 19.2 Å². The van der Waals surface area contributed by atoms with Crippen LogP contribution in [-0.4, -0.2) is 29.7 Å². The minimum Gasteiger partial charge on any atom is -0.382 e. The molecule has 0 bridgehead atoms. The van der Waals surface area contributed by atoms with Crippen LogP contribution in [0.5, 0.6) is 0 Å². The summed E-state index contributed by atoms with van der Waals surface area (Å²) in [4.78, 5) is 10.7. The molecule has 2 unspecified atom stereocenters. The molecule has 1 aliphatic rings. The number of nitrogens with two attached hydrogens (primary N) is 1. The summed E-state index contributed by atoms with van der Waals surface area (Å²) in [5.74, 6) is -0.651. The highest BCUT2D eigenvalue weighted by atomic mass is 16.3. The Morgan fingerprint density at radius 1 is 1.50 bits per heavy atom. The maximum atomic E-state index is 10.7. The topological polar surface area (TPSA) is 75.3 Å². The third-order valence-electron chi connectivity index (χ3n) is 3.50. The summed E-state index contributed by atoms with van der Waals surface area (Å²) in [7, 11) is 0. The number of carbonyl (C=O) groups is 1. The van der Waals surface area contributed by atoms with E-state index in [0.717, 1.165) is 12.8 Å². The summed E-state index contributed by atoms with van der Waals surface area (Å²) >= 11 is 0. The van der Waals surface area contributed by atoms with Crippen LogP contribution in [-0.2, 0) is 4.79 Å². The first-order valence-electron chi connectivity index (χ1n) is 6.11. The van der Waals surface area contributed by atoms with Crippen molar-refractivity contribution < 1.29 is 9.90 Å². The Balaban J connectivity index is 2.30. The van der Waals surface area contributed by atoms with Crippen LogP contribution >= 0.6 is 0 Å². The molecule has 0 radical (unpaired) electrons. The van der Waals surface area contributed by atoms with Gasteiger partial charge >= 0.3 is 0 Å². The minimum absolute atomic E-state index is 0.278. The average molecular weight is 228 g/mol. The van der Waals surface area contributed by atoms with Gasteiger partial charge in [0.25, 0.3) is 0 Å². The lowest BCUT2D eigenvalue weighted by Crippen LogP contribution is -2.41. The molecule has 2 atom stereocenters. The van der Waals surface area contributed by atoms with Crippen molar-refractivity contribution in [3.8, 4) is 0 Å². The fourth-order valence-corrected chi connectivity index (χ4v) is 2.24. The molecular formula is C12H24N2O2. The molecule has 0 aromatic rings. The molecule has 94 valence electrons. The third kappa shape index (κ3) is 4.49. The predicted molar refractivity (Wildman–Crippen MR) is 63.9 cm³/mol. The first-order valence-corrected chi connectivity index (χ1v) is 6.11. The van der Waals surface area contributed by atoms with Gasteiger partial charge in [0.1, 0.15) is 6.10 Å². The SMILES string of the molecule is CC1(C)CCCC(NCC(O)C(N)=O)CC1. The lowest BCUT2D eigenvalue weighted by atomic mass is 9.85. The number of rotatable bonds is 4. The molecule has 1 amide bonds.